The van der Waals surface area contributed by atoms with Crippen molar-refractivity contribution < 1.29 is 29.5 Å². The molecule has 8 nitrogen and oxygen atoms in total. The maximum atomic E-state index is 13.7. The third kappa shape index (κ3) is 5.52. The number of carbonyl (C=O) groups excluding carboxylic acids is 2. The number of carbonyl (C=O) groups is 2. The van der Waals surface area contributed by atoms with Crippen molar-refractivity contribution in [2.45, 2.75) is 38.2 Å². The number of phenols is 1. The van der Waals surface area contributed by atoms with E-state index in [2.05, 4.69) is 4.98 Å². The Labute approximate surface area is 242 Å². The molecule has 210 valence electrons. The highest BCUT2D eigenvalue weighted by Gasteiger charge is 2.57. The number of aromatic nitrogens is 1. The molecule has 2 saturated heterocycles. The monoisotopic (exact) mass is 570 g/mol. The Balaban J connectivity index is 1.28. The molecule has 4 heterocycles. The molecule has 2 aromatic heterocycles. The summed E-state index contributed by atoms with van der Waals surface area (Å²) in [6, 6.07) is 16.4. The Kier molecular flexibility index (Phi) is 7.90. The van der Waals surface area contributed by atoms with Crippen LogP contribution in [0.4, 0.5) is 0 Å². The summed E-state index contributed by atoms with van der Waals surface area (Å²) in [7, 11) is -1.08. The quantitative estimate of drug-likeness (QED) is 0.211. The minimum absolute atomic E-state index is 0.185. The first kappa shape index (κ1) is 27.6. The van der Waals surface area contributed by atoms with Gasteiger partial charge in [-0.3, -0.25) is 19.5 Å². The van der Waals surface area contributed by atoms with Crippen molar-refractivity contribution in [3.8, 4) is 5.75 Å². The van der Waals surface area contributed by atoms with E-state index in [0.717, 1.165) is 32.9 Å². The van der Waals surface area contributed by atoms with Crippen molar-refractivity contribution in [2.24, 2.45) is 17.8 Å². The molecule has 1 aliphatic carbocycles. The normalized spacial score (nSPS) is 24.6. The largest absolute Gasteiger partial charge is 0.508 e. The highest BCUT2D eigenvalue weighted by atomic mass is 32.1. The third-order valence-electron chi connectivity index (χ3n) is 8.39. The number of hydrogen-bond donors (Lipinski definition) is 3. The number of rotatable bonds is 8. The van der Waals surface area contributed by atoms with Crippen LogP contribution in [0.15, 0.2) is 77.3 Å². The molecule has 0 unspecified atom stereocenters. The maximum absolute atomic E-state index is 13.7. The molecule has 1 aromatic carbocycles. The fourth-order valence-corrected chi connectivity index (χ4v) is 7.27. The number of aliphatic hydroxyl groups excluding tert-OH is 1. The average Bonchev–Trinajstić information content (AvgIpc) is 3.58. The van der Waals surface area contributed by atoms with Gasteiger partial charge < -0.3 is 19.9 Å². The fraction of sp³-hybridized carbons (Fsp3) is 0.323. The summed E-state index contributed by atoms with van der Waals surface area (Å²) in [6.45, 7) is 0.0185. The lowest BCUT2D eigenvalue weighted by Gasteiger charge is -2.43. The van der Waals surface area contributed by atoms with Crippen molar-refractivity contribution in [3.05, 3.63) is 93.5 Å². The summed E-state index contributed by atoms with van der Waals surface area (Å²) in [4.78, 5) is 33.9. The summed E-state index contributed by atoms with van der Waals surface area (Å²) in [5.74, 6) is -1.72. The van der Waals surface area contributed by atoms with Crippen LogP contribution in [-0.4, -0.2) is 56.8 Å². The van der Waals surface area contributed by atoms with E-state index in [1.54, 1.807) is 18.3 Å². The lowest BCUT2D eigenvalue weighted by molar-refractivity contribution is -0.140. The van der Waals surface area contributed by atoms with E-state index in [9.17, 15) is 24.8 Å². The number of aromatic hydroxyl groups is 1. The highest BCUT2D eigenvalue weighted by molar-refractivity contribution is 7.09. The number of imide groups is 1. The van der Waals surface area contributed by atoms with Crippen LogP contribution in [0, 0.1) is 17.8 Å². The predicted octanol–water partition coefficient (Wildman–Crippen LogP) is 4.16. The first-order chi connectivity index (χ1) is 19.9. The molecule has 2 amide bonds. The molecule has 0 spiro atoms. The summed E-state index contributed by atoms with van der Waals surface area (Å²) in [5.41, 5.74) is 4.24. The number of pyridine rings is 1. The molecule has 2 aliphatic heterocycles. The van der Waals surface area contributed by atoms with Crippen LogP contribution in [0.3, 0.4) is 0 Å². The molecule has 3 aliphatic rings. The third-order valence-corrected chi connectivity index (χ3v) is 9.25. The number of nitrogens with zero attached hydrogens (tertiary/aromatic N) is 2. The van der Waals surface area contributed by atoms with Crippen molar-refractivity contribution in [1.29, 1.82) is 0 Å². The van der Waals surface area contributed by atoms with Crippen LogP contribution in [-0.2, 0) is 20.8 Å². The number of thiophene rings is 1. The first-order valence-corrected chi connectivity index (χ1v) is 14.8. The van der Waals surface area contributed by atoms with E-state index in [0.29, 0.717) is 19.3 Å². The zero-order valence-corrected chi connectivity index (χ0v) is 23.2. The van der Waals surface area contributed by atoms with Crippen LogP contribution in [0.25, 0.3) is 11.6 Å². The van der Waals surface area contributed by atoms with E-state index in [-0.39, 0.29) is 43.0 Å². The number of allylic oxidation sites excluding steroid dienone is 1. The van der Waals surface area contributed by atoms with E-state index in [1.807, 2.05) is 53.9 Å². The fourth-order valence-electron chi connectivity index (χ4n) is 6.57. The van der Waals surface area contributed by atoms with Crippen LogP contribution in [0.2, 0.25) is 6.32 Å². The van der Waals surface area contributed by atoms with Gasteiger partial charge in [0.05, 0.1) is 36.8 Å². The van der Waals surface area contributed by atoms with Gasteiger partial charge in [0.2, 0.25) is 11.8 Å². The Hall–Kier alpha value is -3.57. The molecular weight excluding hydrogens is 539 g/mol. The Morgan fingerprint density at radius 2 is 1.93 bits per heavy atom. The number of benzene rings is 1. The summed E-state index contributed by atoms with van der Waals surface area (Å²) >= 11 is 1.50. The predicted molar refractivity (Wildman–Crippen MR) is 156 cm³/mol. The van der Waals surface area contributed by atoms with Crippen molar-refractivity contribution >= 4 is 41.9 Å². The number of fused-ring (bicyclic) bond motifs is 3. The molecule has 3 N–H and O–H groups in total. The van der Waals surface area contributed by atoms with Gasteiger partial charge in [-0.15, -0.1) is 11.3 Å². The van der Waals surface area contributed by atoms with Gasteiger partial charge in [0.15, 0.2) is 0 Å². The zero-order chi connectivity index (χ0) is 28.5. The summed E-state index contributed by atoms with van der Waals surface area (Å²) in [6.07, 6.45) is 4.78. The number of aliphatic hydroxyl groups is 1. The molecule has 0 bridgehead atoms. The van der Waals surface area contributed by atoms with E-state index >= 15 is 0 Å². The molecule has 0 saturated carbocycles. The lowest BCUT2D eigenvalue weighted by Crippen LogP contribution is -2.46. The molecule has 10 heteroatoms. The van der Waals surface area contributed by atoms with Crippen molar-refractivity contribution in [3.63, 3.8) is 0 Å². The minimum Gasteiger partial charge on any atom is -0.508 e. The molecule has 3 aromatic rings. The SMILES string of the molecule is O=C1[C@@H]2[C@@H](CC(CO)=C3[C@@H](CC/C(=C/c4ccc(O)cc4)c4ccccn4)OB(O)C[C@@H]32)C(=O)N1Cc1cccs1. The molecule has 6 rings (SSSR count). The van der Waals surface area contributed by atoms with Gasteiger partial charge in [0.1, 0.15) is 5.75 Å². The lowest BCUT2D eigenvalue weighted by atomic mass is 9.58. The molecule has 2 fully saturated rings. The highest BCUT2D eigenvalue weighted by Crippen LogP contribution is 2.51. The molecule has 4 atom stereocenters. The van der Waals surface area contributed by atoms with Gasteiger partial charge in [-0.1, -0.05) is 24.3 Å². The Morgan fingerprint density at radius 3 is 2.63 bits per heavy atom. The summed E-state index contributed by atoms with van der Waals surface area (Å²) in [5, 5.41) is 32.8. The van der Waals surface area contributed by atoms with Crippen LogP contribution in [0.1, 0.15) is 35.4 Å². The van der Waals surface area contributed by atoms with Crippen LogP contribution >= 0.6 is 11.3 Å². The second-order valence-electron chi connectivity index (χ2n) is 10.8. The Bertz CT molecular complexity index is 1470. The number of amides is 2. The molecule has 41 heavy (non-hydrogen) atoms. The number of phenolic OH excluding ortho intramolecular Hbond substituents is 1. The topological polar surface area (TPSA) is 120 Å². The second kappa shape index (κ2) is 11.7. The van der Waals surface area contributed by atoms with Gasteiger partial charge in [-0.25, -0.2) is 0 Å². The smallest absolute Gasteiger partial charge is 0.455 e. The maximum Gasteiger partial charge on any atom is 0.455 e. The van der Waals surface area contributed by atoms with Crippen molar-refractivity contribution in [1.82, 2.24) is 9.88 Å². The van der Waals surface area contributed by atoms with Gasteiger partial charge in [-0.2, -0.15) is 0 Å². The van der Waals surface area contributed by atoms with Gasteiger partial charge in [0.25, 0.3) is 0 Å². The minimum atomic E-state index is -1.08. The zero-order valence-electron chi connectivity index (χ0n) is 22.4. The van der Waals surface area contributed by atoms with Gasteiger partial charge in [0, 0.05) is 11.1 Å². The van der Waals surface area contributed by atoms with Crippen LogP contribution in [0.5, 0.6) is 5.75 Å². The van der Waals surface area contributed by atoms with Crippen molar-refractivity contribution in [2.75, 3.05) is 6.61 Å². The first-order valence-electron chi connectivity index (χ1n) is 13.9. The standard InChI is InChI=1S/C31H31BN2O6S/c35-18-21-15-24-29(31(38)34(30(24)37)17-23-4-3-13-41-23)25-16-32(39)40-27(28(21)25)11-8-20(26-5-1-2-12-33-26)14-19-6-9-22(36)10-7-19/h1-7,9-10,12-14,24-25,27,29,35-36,39H,8,11,15-18H2/b20-14-/t24-,25+,27-,29-/m1/s1. The Morgan fingerprint density at radius 1 is 1.10 bits per heavy atom. The molecule has 0 radical (unpaired) electrons. The van der Waals surface area contributed by atoms with Crippen LogP contribution < -0.4 is 0 Å². The number of likely N-dealkylation sites (tertiary alicyclic amines) is 1. The van der Waals surface area contributed by atoms with Gasteiger partial charge in [-0.05, 0) is 95.6 Å². The second-order valence-corrected chi connectivity index (χ2v) is 11.9. The molecular formula is C31H31BN2O6S. The summed E-state index contributed by atoms with van der Waals surface area (Å²) < 4.78 is 6.06. The van der Waals surface area contributed by atoms with E-state index in [1.165, 1.54) is 16.2 Å². The van der Waals surface area contributed by atoms with Gasteiger partial charge >= 0.3 is 7.12 Å². The van der Waals surface area contributed by atoms with E-state index < -0.39 is 25.1 Å². The number of hydrogen-bond acceptors (Lipinski definition) is 8. The van der Waals surface area contributed by atoms with E-state index in [4.69, 9.17) is 4.65 Å². The average molecular weight is 570 g/mol.